The molecule has 0 aliphatic heterocycles. The number of methoxy groups -OCH3 is 3. The second-order valence-corrected chi connectivity index (χ2v) is 5.05. The fraction of sp³-hybridized carbons (Fsp3) is 0.214. The second-order valence-electron chi connectivity index (χ2n) is 4.26. The van der Waals surface area contributed by atoms with Gasteiger partial charge in [-0.25, -0.2) is 5.10 Å². The highest BCUT2D eigenvalue weighted by molar-refractivity contribution is 9.10. The van der Waals surface area contributed by atoms with Crippen LogP contribution < -0.4 is 25.2 Å². The minimum atomic E-state index is -0.349. The van der Waals surface area contributed by atoms with Crippen LogP contribution in [0.25, 0.3) is 0 Å². The molecule has 0 spiro atoms. The van der Waals surface area contributed by atoms with E-state index in [1.807, 2.05) is 0 Å². The zero-order valence-electron chi connectivity index (χ0n) is 12.7. The predicted molar refractivity (Wildman–Crippen MR) is 89.9 cm³/mol. The number of aromatic nitrogens is 2. The van der Waals surface area contributed by atoms with Crippen molar-refractivity contribution in [3.63, 3.8) is 0 Å². The summed E-state index contributed by atoms with van der Waals surface area (Å²) in [7, 11) is 4.61. The number of benzene rings is 1. The molecule has 0 fully saturated rings. The zero-order valence-corrected chi connectivity index (χ0v) is 14.3. The Balaban J connectivity index is 2.25. The maximum absolute atomic E-state index is 11.4. The monoisotopic (exact) mass is 382 g/mol. The first-order chi connectivity index (χ1) is 11.1. The predicted octanol–water partition coefficient (Wildman–Crippen LogP) is 2.00. The van der Waals surface area contributed by atoms with Crippen molar-refractivity contribution >= 4 is 27.8 Å². The minimum absolute atomic E-state index is 0.314. The molecule has 1 heterocycles. The molecule has 0 aliphatic carbocycles. The van der Waals surface area contributed by atoms with Crippen LogP contribution in [0.3, 0.4) is 0 Å². The second kappa shape index (κ2) is 7.63. The van der Waals surface area contributed by atoms with Crippen molar-refractivity contribution in [2.75, 3.05) is 26.8 Å². The van der Waals surface area contributed by atoms with Gasteiger partial charge in [0.2, 0.25) is 5.75 Å². The van der Waals surface area contributed by atoms with Gasteiger partial charge in [0.1, 0.15) is 4.47 Å². The van der Waals surface area contributed by atoms with E-state index in [1.165, 1.54) is 27.5 Å². The van der Waals surface area contributed by atoms with Crippen LogP contribution in [0.4, 0.5) is 5.69 Å². The molecular weight excluding hydrogens is 368 g/mol. The van der Waals surface area contributed by atoms with Gasteiger partial charge in [0, 0.05) is 5.56 Å². The fourth-order valence-electron chi connectivity index (χ4n) is 1.81. The topological polar surface area (TPSA) is 97.8 Å². The number of rotatable bonds is 6. The molecule has 0 unspecified atom stereocenters. The number of anilines is 1. The number of hydrogen-bond donors (Lipinski definition) is 2. The van der Waals surface area contributed by atoms with E-state index in [0.29, 0.717) is 27.4 Å². The molecule has 1 aromatic heterocycles. The van der Waals surface area contributed by atoms with Crippen molar-refractivity contribution in [3.8, 4) is 17.2 Å². The standard InChI is InChI=1S/C14H15BrN4O4/c1-21-10-4-8(5-11(22-2)13(10)23-3)6-16-18-9-7-17-19-14(20)12(9)15/h4-7H,1-3H3,(H2,18,19,20). The Morgan fingerprint density at radius 3 is 2.43 bits per heavy atom. The van der Waals surface area contributed by atoms with E-state index >= 15 is 0 Å². The lowest BCUT2D eigenvalue weighted by Gasteiger charge is -2.12. The Bertz CT molecular complexity index is 751. The molecule has 2 N–H and O–H groups in total. The lowest BCUT2D eigenvalue weighted by Crippen LogP contribution is -2.10. The van der Waals surface area contributed by atoms with Crippen LogP contribution in [0.15, 0.2) is 32.7 Å². The molecule has 9 heteroatoms. The first-order valence-electron chi connectivity index (χ1n) is 6.43. The van der Waals surface area contributed by atoms with Gasteiger partial charge in [0.25, 0.3) is 5.56 Å². The quantitative estimate of drug-likeness (QED) is 0.585. The number of hydrazone groups is 1. The van der Waals surface area contributed by atoms with Gasteiger partial charge in [-0.1, -0.05) is 0 Å². The average molecular weight is 383 g/mol. The lowest BCUT2D eigenvalue weighted by molar-refractivity contribution is 0.324. The molecule has 1 aromatic carbocycles. The SMILES string of the molecule is COc1cc(C=NNc2cn[nH]c(=O)c2Br)cc(OC)c1OC. The summed E-state index contributed by atoms with van der Waals surface area (Å²) in [5, 5.41) is 10.1. The Labute approximate surface area is 140 Å². The summed E-state index contributed by atoms with van der Waals surface area (Å²) in [6.07, 6.45) is 3.00. The number of hydrogen-bond acceptors (Lipinski definition) is 7. The summed E-state index contributed by atoms with van der Waals surface area (Å²) in [6.45, 7) is 0. The number of nitrogens with one attached hydrogen (secondary N) is 2. The van der Waals surface area contributed by atoms with Crippen molar-refractivity contribution in [1.82, 2.24) is 10.2 Å². The van der Waals surface area contributed by atoms with Crippen LogP contribution in [0.1, 0.15) is 5.56 Å². The van der Waals surface area contributed by atoms with Gasteiger partial charge in [-0.2, -0.15) is 10.2 Å². The van der Waals surface area contributed by atoms with E-state index in [1.54, 1.807) is 18.3 Å². The Hall–Kier alpha value is -2.55. The van der Waals surface area contributed by atoms with Gasteiger partial charge < -0.3 is 14.2 Å². The average Bonchev–Trinajstić information content (AvgIpc) is 2.57. The molecule has 0 saturated heterocycles. The third-order valence-electron chi connectivity index (χ3n) is 2.88. The van der Waals surface area contributed by atoms with Crippen molar-refractivity contribution < 1.29 is 14.2 Å². The lowest BCUT2D eigenvalue weighted by atomic mass is 10.2. The Kier molecular flexibility index (Phi) is 5.58. The van der Waals surface area contributed by atoms with Crippen LogP contribution in [0.5, 0.6) is 17.2 Å². The van der Waals surface area contributed by atoms with Crippen molar-refractivity contribution in [2.45, 2.75) is 0 Å². The van der Waals surface area contributed by atoms with Crippen LogP contribution in [0, 0.1) is 0 Å². The summed E-state index contributed by atoms with van der Waals surface area (Å²) >= 11 is 3.15. The van der Waals surface area contributed by atoms with E-state index in [9.17, 15) is 4.79 Å². The van der Waals surface area contributed by atoms with E-state index in [0.717, 1.165) is 5.56 Å². The van der Waals surface area contributed by atoms with Gasteiger partial charge in [-0.05, 0) is 28.1 Å². The van der Waals surface area contributed by atoms with Gasteiger partial charge in [-0.3, -0.25) is 10.2 Å². The molecule has 2 rings (SSSR count). The molecule has 122 valence electrons. The highest BCUT2D eigenvalue weighted by Gasteiger charge is 2.12. The first-order valence-corrected chi connectivity index (χ1v) is 7.22. The molecule has 0 radical (unpaired) electrons. The number of ether oxygens (including phenoxy) is 3. The van der Waals surface area contributed by atoms with Crippen molar-refractivity contribution in [3.05, 3.63) is 38.7 Å². The largest absolute Gasteiger partial charge is 0.493 e. The van der Waals surface area contributed by atoms with Crippen LogP contribution >= 0.6 is 15.9 Å². The van der Waals surface area contributed by atoms with Gasteiger partial charge in [0.15, 0.2) is 11.5 Å². The first kappa shape index (κ1) is 16.8. The summed E-state index contributed by atoms with van der Waals surface area (Å²) in [4.78, 5) is 11.4. The third-order valence-corrected chi connectivity index (χ3v) is 3.67. The molecule has 8 nitrogen and oxygen atoms in total. The van der Waals surface area contributed by atoms with E-state index < -0.39 is 0 Å². The Morgan fingerprint density at radius 1 is 1.22 bits per heavy atom. The molecule has 0 amide bonds. The van der Waals surface area contributed by atoms with Crippen molar-refractivity contribution in [2.24, 2.45) is 5.10 Å². The summed E-state index contributed by atoms with van der Waals surface area (Å²) < 4.78 is 16.1. The van der Waals surface area contributed by atoms with Gasteiger partial charge in [0.05, 0.1) is 39.4 Å². The number of aromatic amines is 1. The Morgan fingerprint density at radius 2 is 1.87 bits per heavy atom. The zero-order chi connectivity index (χ0) is 16.8. The van der Waals surface area contributed by atoms with Crippen LogP contribution in [-0.2, 0) is 0 Å². The maximum atomic E-state index is 11.4. The normalized spacial score (nSPS) is 10.6. The van der Waals surface area contributed by atoms with Crippen LogP contribution in [0.2, 0.25) is 0 Å². The maximum Gasteiger partial charge on any atom is 0.280 e. The van der Waals surface area contributed by atoms with E-state index in [2.05, 4.69) is 36.7 Å². The molecule has 2 aromatic rings. The number of halogens is 1. The summed E-state index contributed by atoms with van der Waals surface area (Å²) in [6, 6.07) is 3.50. The van der Waals surface area contributed by atoms with Gasteiger partial charge in [-0.15, -0.1) is 0 Å². The summed E-state index contributed by atoms with van der Waals surface area (Å²) in [5.41, 5.74) is 3.55. The molecule has 23 heavy (non-hydrogen) atoms. The van der Waals surface area contributed by atoms with Gasteiger partial charge >= 0.3 is 0 Å². The molecule has 0 aliphatic rings. The smallest absolute Gasteiger partial charge is 0.280 e. The van der Waals surface area contributed by atoms with Crippen LogP contribution in [-0.4, -0.2) is 37.7 Å². The number of H-pyrrole nitrogens is 1. The minimum Gasteiger partial charge on any atom is -0.493 e. The highest BCUT2D eigenvalue weighted by atomic mass is 79.9. The van der Waals surface area contributed by atoms with Crippen molar-refractivity contribution in [1.29, 1.82) is 0 Å². The third kappa shape index (κ3) is 3.81. The highest BCUT2D eigenvalue weighted by Crippen LogP contribution is 2.37. The van der Waals surface area contributed by atoms with E-state index in [4.69, 9.17) is 14.2 Å². The molecule has 0 saturated carbocycles. The number of nitrogens with zero attached hydrogens (tertiary/aromatic N) is 2. The summed E-state index contributed by atoms with van der Waals surface area (Å²) in [5.74, 6) is 1.54. The van der Waals surface area contributed by atoms with E-state index in [-0.39, 0.29) is 5.56 Å². The fourth-order valence-corrected chi connectivity index (χ4v) is 2.09. The molecular formula is C14H15BrN4O4. The molecule has 0 bridgehead atoms. The molecule has 0 atom stereocenters.